The summed E-state index contributed by atoms with van der Waals surface area (Å²) in [5.74, 6) is -0.313. The summed E-state index contributed by atoms with van der Waals surface area (Å²) in [4.78, 5) is 35.9. The molecular formula is C22H25NO5. The number of carbonyl (C=O) groups excluding carboxylic acids is 3. The van der Waals surface area contributed by atoms with E-state index in [0.717, 1.165) is 12.0 Å². The smallest absolute Gasteiger partial charge is 0.325 e. The predicted molar refractivity (Wildman–Crippen MR) is 106 cm³/mol. The molecule has 0 radical (unpaired) electrons. The molecule has 1 N–H and O–H groups in total. The second-order valence-electron chi connectivity index (χ2n) is 6.43. The van der Waals surface area contributed by atoms with Crippen LogP contribution in [-0.4, -0.2) is 37.9 Å². The molecule has 0 fully saturated rings. The quantitative estimate of drug-likeness (QED) is 0.530. The zero-order valence-corrected chi connectivity index (χ0v) is 16.4. The van der Waals surface area contributed by atoms with E-state index < -0.39 is 11.9 Å². The Morgan fingerprint density at radius 3 is 2.14 bits per heavy atom. The maximum atomic E-state index is 12.1. The molecule has 0 bridgehead atoms. The number of Topliss-reactive ketones (excluding diaryl/α,β-unsaturated/α-hetero) is 1. The van der Waals surface area contributed by atoms with Crippen LogP contribution in [0.25, 0.3) is 0 Å². The van der Waals surface area contributed by atoms with Gasteiger partial charge in [0.05, 0.1) is 7.11 Å². The molecule has 0 saturated carbocycles. The molecule has 0 aliphatic carbocycles. The SMILES string of the molecule is CC[C@@H](C)c1ccc(C(=O)COC(=O)CNC(=O)c2ccc(OC)cc2)cc1. The second-order valence-corrected chi connectivity index (χ2v) is 6.43. The summed E-state index contributed by atoms with van der Waals surface area (Å²) in [6.45, 7) is 3.56. The van der Waals surface area contributed by atoms with Gasteiger partial charge in [-0.15, -0.1) is 0 Å². The number of ketones is 1. The fourth-order valence-corrected chi connectivity index (χ4v) is 2.51. The van der Waals surface area contributed by atoms with Gasteiger partial charge in [-0.1, -0.05) is 38.1 Å². The van der Waals surface area contributed by atoms with E-state index in [9.17, 15) is 14.4 Å². The second kappa shape index (κ2) is 10.3. The van der Waals surface area contributed by atoms with Crippen molar-refractivity contribution in [3.63, 3.8) is 0 Å². The summed E-state index contributed by atoms with van der Waals surface area (Å²) < 4.78 is 9.98. The summed E-state index contributed by atoms with van der Waals surface area (Å²) in [6.07, 6.45) is 1.02. The summed E-state index contributed by atoms with van der Waals surface area (Å²) in [7, 11) is 1.53. The maximum Gasteiger partial charge on any atom is 0.325 e. The van der Waals surface area contributed by atoms with Crippen LogP contribution in [0.5, 0.6) is 5.75 Å². The lowest BCUT2D eigenvalue weighted by atomic mass is 9.97. The number of rotatable bonds is 9. The van der Waals surface area contributed by atoms with Crippen LogP contribution in [0, 0.1) is 0 Å². The molecule has 6 heteroatoms. The Bertz CT molecular complexity index is 812. The van der Waals surface area contributed by atoms with Crippen LogP contribution in [-0.2, 0) is 9.53 Å². The minimum Gasteiger partial charge on any atom is -0.497 e. The summed E-state index contributed by atoms with van der Waals surface area (Å²) in [6, 6.07) is 13.8. The van der Waals surface area contributed by atoms with E-state index in [1.54, 1.807) is 36.4 Å². The molecule has 0 unspecified atom stereocenters. The molecule has 0 saturated heterocycles. The van der Waals surface area contributed by atoms with Gasteiger partial charge in [0.1, 0.15) is 12.3 Å². The number of esters is 1. The van der Waals surface area contributed by atoms with Gasteiger partial charge in [0.2, 0.25) is 0 Å². The maximum absolute atomic E-state index is 12.1. The van der Waals surface area contributed by atoms with Crippen LogP contribution in [0.15, 0.2) is 48.5 Å². The molecular weight excluding hydrogens is 358 g/mol. The Morgan fingerprint density at radius 1 is 0.964 bits per heavy atom. The van der Waals surface area contributed by atoms with Gasteiger partial charge in [0, 0.05) is 11.1 Å². The Kier molecular flexibility index (Phi) is 7.75. The largest absolute Gasteiger partial charge is 0.497 e. The molecule has 1 atom stereocenters. The van der Waals surface area contributed by atoms with Crippen molar-refractivity contribution in [2.24, 2.45) is 0 Å². The fraction of sp³-hybridized carbons (Fsp3) is 0.318. The highest BCUT2D eigenvalue weighted by molar-refractivity contribution is 5.98. The molecule has 148 valence electrons. The molecule has 0 aromatic heterocycles. The topological polar surface area (TPSA) is 81.7 Å². The van der Waals surface area contributed by atoms with E-state index in [-0.39, 0.29) is 18.9 Å². The van der Waals surface area contributed by atoms with Crippen molar-refractivity contribution in [3.8, 4) is 5.75 Å². The zero-order chi connectivity index (χ0) is 20.5. The molecule has 28 heavy (non-hydrogen) atoms. The molecule has 2 aromatic carbocycles. The Balaban J connectivity index is 1.78. The normalized spacial score (nSPS) is 11.4. The van der Waals surface area contributed by atoms with Gasteiger partial charge in [-0.3, -0.25) is 14.4 Å². The molecule has 0 heterocycles. The van der Waals surface area contributed by atoms with E-state index in [1.807, 2.05) is 12.1 Å². The van der Waals surface area contributed by atoms with E-state index >= 15 is 0 Å². The number of ether oxygens (including phenoxy) is 2. The molecule has 0 spiro atoms. The van der Waals surface area contributed by atoms with E-state index in [1.165, 1.54) is 7.11 Å². The molecule has 2 aromatic rings. The summed E-state index contributed by atoms with van der Waals surface area (Å²) in [5, 5.41) is 2.46. The monoisotopic (exact) mass is 383 g/mol. The number of nitrogens with one attached hydrogen (secondary N) is 1. The number of hydrogen-bond donors (Lipinski definition) is 1. The van der Waals surface area contributed by atoms with Crippen LogP contribution in [0.2, 0.25) is 0 Å². The number of benzene rings is 2. The van der Waals surface area contributed by atoms with Gasteiger partial charge >= 0.3 is 5.97 Å². The average Bonchev–Trinajstić information content (AvgIpc) is 2.75. The first-order valence-electron chi connectivity index (χ1n) is 9.15. The molecule has 2 rings (SSSR count). The van der Waals surface area contributed by atoms with Crippen molar-refractivity contribution in [1.82, 2.24) is 5.32 Å². The van der Waals surface area contributed by atoms with Gasteiger partial charge in [-0.25, -0.2) is 0 Å². The van der Waals surface area contributed by atoms with Gasteiger partial charge in [-0.05, 0) is 42.2 Å². The van der Waals surface area contributed by atoms with Crippen LogP contribution in [0.4, 0.5) is 0 Å². The lowest BCUT2D eigenvalue weighted by Gasteiger charge is -2.10. The lowest BCUT2D eigenvalue weighted by molar-refractivity contribution is -0.141. The van der Waals surface area contributed by atoms with Crippen molar-refractivity contribution in [2.75, 3.05) is 20.3 Å². The van der Waals surface area contributed by atoms with Gasteiger partial charge in [0.15, 0.2) is 12.4 Å². The van der Waals surface area contributed by atoms with Crippen molar-refractivity contribution in [1.29, 1.82) is 0 Å². The molecule has 0 aliphatic rings. The highest BCUT2D eigenvalue weighted by atomic mass is 16.5. The Hall–Kier alpha value is -3.15. The van der Waals surface area contributed by atoms with Crippen molar-refractivity contribution >= 4 is 17.7 Å². The Morgan fingerprint density at radius 2 is 1.57 bits per heavy atom. The van der Waals surface area contributed by atoms with E-state index in [4.69, 9.17) is 9.47 Å². The molecule has 0 aliphatic heterocycles. The number of methoxy groups -OCH3 is 1. The summed E-state index contributed by atoms with van der Waals surface area (Å²) in [5.41, 5.74) is 2.05. The lowest BCUT2D eigenvalue weighted by Crippen LogP contribution is -2.31. The number of amides is 1. The summed E-state index contributed by atoms with van der Waals surface area (Å²) >= 11 is 0. The Labute approximate surface area is 164 Å². The third kappa shape index (κ3) is 5.94. The minimum absolute atomic E-state index is 0.287. The van der Waals surface area contributed by atoms with Gasteiger partial charge in [-0.2, -0.15) is 0 Å². The van der Waals surface area contributed by atoms with E-state index in [0.29, 0.717) is 22.8 Å². The van der Waals surface area contributed by atoms with Crippen LogP contribution < -0.4 is 10.1 Å². The van der Waals surface area contributed by atoms with Crippen LogP contribution in [0.1, 0.15) is 52.5 Å². The van der Waals surface area contributed by atoms with Crippen LogP contribution >= 0.6 is 0 Å². The first kappa shape index (κ1) is 21.2. The number of carbonyl (C=O) groups is 3. The zero-order valence-electron chi connectivity index (χ0n) is 16.4. The van der Waals surface area contributed by atoms with Gasteiger partial charge < -0.3 is 14.8 Å². The standard InChI is InChI=1S/C22H25NO5/c1-4-15(2)16-5-7-17(8-6-16)20(24)14-28-21(25)13-23-22(26)18-9-11-19(27-3)12-10-18/h5-12,15H,4,13-14H2,1-3H3,(H,23,26)/t15-/m1/s1. The van der Waals surface area contributed by atoms with Crippen molar-refractivity contribution in [2.45, 2.75) is 26.2 Å². The molecule has 1 amide bonds. The predicted octanol–water partition coefficient (Wildman–Crippen LogP) is 3.36. The van der Waals surface area contributed by atoms with Gasteiger partial charge in [0.25, 0.3) is 5.91 Å². The first-order chi connectivity index (χ1) is 13.4. The number of hydrogen-bond acceptors (Lipinski definition) is 5. The third-order valence-corrected chi connectivity index (χ3v) is 4.52. The van der Waals surface area contributed by atoms with E-state index in [2.05, 4.69) is 19.2 Å². The molecule has 6 nitrogen and oxygen atoms in total. The highest BCUT2D eigenvalue weighted by Gasteiger charge is 2.13. The minimum atomic E-state index is -0.675. The van der Waals surface area contributed by atoms with Crippen molar-refractivity contribution in [3.05, 3.63) is 65.2 Å². The van der Waals surface area contributed by atoms with Crippen molar-refractivity contribution < 1.29 is 23.9 Å². The average molecular weight is 383 g/mol. The first-order valence-corrected chi connectivity index (χ1v) is 9.15. The third-order valence-electron chi connectivity index (χ3n) is 4.52. The highest BCUT2D eigenvalue weighted by Crippen LogP contribution is 2.19. The van der Waals surface area contributed by atoms with Crippen LogP contribution in [0.3, 0.4) is 0 Å². The fourth-order valence-electron chi connectivity index (χ4n) is 2.51.